The minimum atomic E-state index is -0.320. The zero-order valence-electron chi connectivity index (χ0n) is 17.1. The number of anilines is 1. The Labute approximate surface area is 178 Å². The van der Waals surface area contributed by atoms with Crippen LogP contribution in [0.25, 0.3) is 5.69 Å². The van der Waals surface area contributed by atoms with Crippen molar-refractivity contribution in [3.63, 3.8) is 0 Å². The molecule has 0 spiro atoms. The van der Waals surface area contributed by atoms with E-state index in [4.69, 9.17) is 0 Å². The summed E-state index contributed by atoms with van der Waals surface area (Å²) in [6.07, 6.45) is 2.10. The molecule has 1 aliphatic heterocycles. The summed E-state index contributed by atoms with van der Waals surface area (Å²) in [4.78, 5) is 37.6. The number of carbonyl (C=O) groups excluding carboxylic acids is 3. The minimum absolute atomic E-state index is 0.212. The Morgan fingerprint density at radius 2 is 1.58 bits per heavy atom. The van der Waals surface area contributed by atoms with Crippen LogP contribution in [0.4, 0.5) is 10.1 Å². The number of nitrogens with one attached hydrogen (secondary N) is 1. The number of hydrogen-bond donors (Lipinski definition) is 1. The number of amides is 3. The third-order valence-electron chi connectivity index (χ3n) is 5.37. The summed E-state index contributed by atoms with van der Waals surface area (Å²) in [7, 11) is 0. The van der Waals surface area contributed by atoms with E-state index >= 15 is 0 Å². The van der Waals surface area contributed by atoms with E-state index in [0.717, 1.165) is 21.8 Å². The Balaban J connectivity index is 1.47. The molecule has 31 heavy (non-hydrogen) atoms. The lowest BCUT2D eigenvalue weighted by Crippen LogP contribution is -2.29. The summed E-state index contributed by atoms with van der Waals surface area (Å²) in [5.41, 5.74) is 3.28. The van der Waals surface area contributed by atoms with Crippen molar-refractivity contribution in [1.29, 1.82) is 0 Å². The topological polar surface area (TPSA) is 84.3 Å². The molecule has 1 N–H and O–H groups in total. The first-order valence-electron chi connectivity index (χ1n) is 9.92. The maximum absolute atomic E-state index is 13.2. The van der Waals surface area contributed by atoms with Crippen LogP contribution in [0.1, 0.15) is 47.4 Å². The molecular formula is C23H21FN4O3. The molecule has 3 amide bonds. The molecule has 2 heterocycles. The number of rotatable bonds is 5. The van der Waals surface area contributed by atoms with Crippen LogP contribution in [0.3, 0.4) is 0 Å². The fourth-order valence-electron chi connectivity index (χ4n) is 3.67. The number of hydrogen-bond acceptors (Lipinski definition) is 4. The Hall–Kier alpha value is -3.81. The summed E-state index contributed by atoms with van der Waals surface area (Å²) in [6, 6.07) is 12.1. The number of aromatic nitrogens is 2. The second kappa shape index (κ2) is 8.14. The zero-order valence-corrected chi connectivity index (χ0v) is 17.1. The summed E-state index contributed by atoms with van der Waals surface area (Å²) >= 11 is 0. The molecule has 1 fully saturated rings. The molecule has 0 bridgehead atoms. The van der Waals surface area contributed by atoms with E-state index in [1.165, 1.54) is 12.1 Å². The summed E-state index contributed by atoms with van der Waals surface area (Å²) in [5.74, 6) is -1.07. The van der Waals surface area contributed by atoms with Gasteiger partial charge < -0.3 is 5.32 Å². The molecule has 2 aromatic carbocycles. The van der Waals surface area contributed by atoms with Crippen LogP contribution in [0, 0.1) is 12.7 Å². The lowest BCUT2D eigenvalue weighted by Gasteiger charge is -2.16. The average molecular weight is 420 g/mol. The van der Waals surface area contributed by atoms with E-state index in [1.807, 2.05) is 13.8 Å². The van der Waals surface area contributed by atoms with Gasteiger partial charge in [-0.05, 0) is 62.4 Å². The highest BCUT2D eigenvalue weighted by atomic mass is 19.1. The first-order chi connectivity index (χ1) is 14.8. The maximum atomic E-state index is 13.2. The quantitative estimate of drug-likeness (QED) is 0.641. The average Bonchev–Trinajstić information content (AvgIpc) is 3.30. The maximum Gasteiger partial charge on any atom is 0.251 e. The van der Waals surface area contributed by atoms with Gasteiger partial charge in [-0.3, -0.25) is 19.3 Å². The number of imide groups is 1. The van der Waals surface area contributed by atoms with Crippen molar-refractivity contribution in [3.8, 4) is 5.69 Å². The summed E-state index contributed by atoms with van der Waals surface area (Å²) < 4.78 is 14.9. The molecule has 1 unspecified atom stereocenters. The molecule has 0 saturated carbocycles. The van der Waals surface area contributed by atoms with Crippen LogP contribution in [0.2, 0.25) is 0 Å². The second-order valence-electron chi connectivity index (χ2n) is 7.44. The molecule has 1 atom stereocenters. The van der Waals surface area contributed by atoms with E-state index in [-0.39, 0.29) is 42.4 Å². The predicted molar refractivity (Wildman–Crippen MR) is 112 cm³/mol. The highest BCUT2D eigenvalue weighted by Gasteiger charge is 2.30. The molecule has 4 rings (SSSR count). The molecule has 8 heteroatoms. The third kappa shape index (κ3) is 3.96. The van der Waals surface area contributed by atoms with Gasteiger partial charge in [-0.1, -0.05) is 0 Å². The van der Waals surface area contributed by atoms with Gasteiger partial charge in [0.1, 0.15) is 5.82 Å². The van der Waals surface area contributed by atoms with Crippen molar-refractivity contribution in [2.24, 2.45) is 0 Å². The minimum Gasteiger partial charge on any atom is -0.345 e. The summed E-state index contributed by atoms with van der Waals surface area (Å²) in [6.45, 7) is 3.74. The van der Waals surface area contributed by atoms with Crippen molar-refractivity contribution in [1.82, 2.24) is 15.1 Å². The van der Waals surface area contributed by atoms with Gasteiger partial charge in [0, 0.05) is 29.7 Å². The summed E-state index contributed by atoms with van der Waals surface area (Å²) in [5, 5.41) is 7.29. The number of carbonyl (C=O) groups is 3. The SMILES string of the molecule is Cc1c(C(C)NC(=O)c2ccc(N3C(=O)CCC3=O)cc2)cnn1-c1ccc(F)cc1. The van der Waals surface area contributed by atoms with Crippen LogP contribution in [-0.4, -0.2) is 27.5 Å². The smallest absolute Gasteiger partial charge is 0.251 e. The number of benzene rings is 2. The van der Waals surface area contributed by atoms with E-state index in [0.29, 0.717) is 11.3 Å². The molecule has 0 radical (unpaired) electrons. The van der Waals surface area contributed by atoms with Crippen molar-refractivity contribution < 1.29 is 18.8 Å². The van der Waals surface area contributed by atoms with Crippen molar-refractivity contribution in [2.45, 2.75) is 32.7 Å². The standard InChI is InChI=1S/C23H21FN4O3/c1-14(20-13-25-28(15(20)2)19-9-5-17(24)6-10-19)26-23(31)16-3-7-18(8-4-16)27-21(29)11-12-22(27)30/h3-10,13-14H,11-12H2,1-2H3,(H,26,31). The van der Waals surface area contributed by atoms with Gasteiger partial charge in [0.2, 0.25) is 11.8 Å². The fourth-order valence-corrected chi connectivity index (χ4v) is 3.67. The largest absolute Gasteiger partial charge is 0.345 e. The number of nitrogens with zero attached hydrogens (tertiary/aromatic N) is 3. The van der Waals surface area contributed by atoms with Gasteiger partial charge in [-0.15, -0.1) is 0 Å². The van der Waals surface area contributed by atoms with Crippen LogP contribution in [0.15, 0.2) is 54.7 Å². The zero-order chi connectivity index (χ0) is 22.1. The second-order valence-corrected chi connectivity index (χ2v) is 7.44. The lowest BCUT2D eigenvalue weighted by molar-refractivity contribution is -0.121. The van der Waals surface area contributed by atoms with Crippen LogP contribution in [0.5, 0.6) is 0 Å². The van der Waals surface area contributed by atoms with Gasteiger partial charge in [-0.2, -0.15) is 5.10 Å². The highest BCUT2D eigenvalue weighted by Crippen LogP contribution is 2.24. The Morgan fingerprint density at radius 1 is 1.00 bits per heavy atom. The van der Waals surface area contributed by atoms with Crippen molar-refractivity contribution >= 4 is 23.4 Å². The number of halogens is 1. The van der Waals surface area contributed by atoms with Crippen LogP contribution < -0.4 is 10.2 Å². The van der Waals surface area contributed by atoms with Gasteiger partial charge in [0.25, 0.3) is 5.91 Å². The van der Waals surface area contributed by atoms with Crippen molar-refractivity contribution in [2.75, 3.05) is 4.90 Å². The monoisotopic (exact) mass is 420 g/mol. The first kappa shape index (κ1) is 20.5. The Bertz CT molecular complexity index is 1140. The van der Waals surface area contributed by atoms with E-state index < -0.39 is 0 Å². The molecule has 0 aliphatic carbocycles. The molecular weight excluding hydrogens is 399 g/mol. The van der Waals surface area contributed by atoms with Crippen LogP contribution >= 0.6 is 0 Å². The predicted octanol–water partition coefficient (Wildman–Crippen LogP) is 3.46. The Morgan fingerprint density at radius 3 is 2.19 bits per heavy atom. The van der Waals surface area contributed by atoms with Gasteiger partial charge >= 0.3 is 0 Å². The third-order valence-corrected chi connectivity index (χ3v) is 5.37. The van der Waals surface area contributed by atoms with E-state index in [9.17, 15) is 18.8 Å². The van der Waals surface area contributed by atoms with Gasteiger partial charge in [0.05, 0.1) is 23.6 Å². The highest BCUT2D eigenvalue weighted by molar-refractivity contribution is 6.19. The molecule has 158 valence electrons. The molecule has 1 aliphatic rings. The molecule has 3 aromatic rings. The van der Waals surface area contributed by atoms with Gasteiger partial charge in [0.15, 0.2) is 0 Å². The van der Waals surface area contributed by atoms with E-state index in [2.05, 4.69) is 10.4 Å². The van der Waals surface area contributed by atoms with E-state index in [1.54, 1.807) is 47.3 Å². The normalized spacial score (nSPS) is 14.7. The fraction of sp³-hybridized carbons (Fsp3) is 0.217. The van der Waals surface area contributed by atoms with Crippen LogP contribution in [-0.2, 0) is 9.59 Å². The molecule has 1 aromatic heterocycles. The van der Waals surface area contributed by atoms with Gasteiger partial charge in [-0.25, -0.2) is 9.07 Å². The van der Waals surface area contributed by atoms with Crippen molar-refractivity contribution in [3.05, 3.63) is 77.4 Å². The molecule has 1 saturated heterocycles. The lowest BCUT2D eigenvalue weighted by atomic mass is 10.1. The Kier molecular flexibility index (Phi) is 5.37. The molecule has 7 nitrogen and oxygen atoms in total. The first-order valence-corrected chi connectivity index (χ1v) is 9.92.